The normalized spacial score (nSPS) is 23.9. The molecule has 1 aliphatic carbocycles. The average molecular weight is 403 g/mol. The monoisotopic (exact) mass is 403 g/mol. The number of urea groups is 1. The number of likely N-dealkylation sites (N-methyl/N-ethyl adjacent to an activating group) is 1. The summed E-state index contributed by atoms with van der Waals surface area (Å²) in [6.45, 7) is 2.05. The molecule has 1 spiro atoms. The van der Waals surface area contributed by atoms with Crippen LogP contribution in [0.5, 0.6) is 11.5 Å². The minimum Gasteiger partial charge on any atom is -0.493 e. The molecule has 8 heteroatoms. The first-order chi connectivity index (χ1) is 13.8. The van der Waals surface area contributed by atoms with E-state index in [9.17, 15) is 14.4 Å². The third-order valence-electron chi connectivity index (χ3n) is 6.09. The fourth-order valence-electron chi connectivity index (χ4n) is 4.24. The van der Waals surface area contributed by atoms with Gasteiger partial charge < -0.3 is 19.7 Å². The molecule has 1 aromatic rings. The highest BCUT2D eigenvalue weighted by atomic mass is 16.5. The van der Waals surface area contributed by atoms with E-state index >= 15 is 0 Å². The second-order valence-electron chi connectivity index (χ2n) is 7.88. The zero-order chi connectivity index (χ0) is 21.2. The van der Waals surface area contributed by atoms with E-state index in [1.807, 2.05) is 13.0 Å². The summed E-state index contributed by atoms with van der Waals surface area (Å²) in [6.07, 6.45) is 3.48. The summed E-state index contributed by atoms with van der Waals surface area (Å²) in [5, 5.41) is 2.88. The molecule has 158 valence electrons. The molecular weight excluding hydrogens is 374 g/mol. The van der Waals surface area contributed by atoms with Gasteiger partial charge in [-0.3, -0.25) is 14.5 Å². The lowest BCUT2D eigenvalue weighted by Crippen LogP contribution is -2.54. The van der Waals surface area contributed by atoms with E-state index in [-0.39, 0.29) is 24.3 Å². The van der Waals surface area contributed by atoms with Crippen molar-refractivity contribution < 1.29 is 23.9 Å². The van der Waals surface area contributed by atoms with E-state index in [1.165, 1.54) is 4.90 Å². The summed E-state index contributed by atoms with van der Waals surface area (Å²) in [5.41, 5.74) is 0.00503. The third kappa shape index (κ3) is 3.88. The zero-order valence-corrected chi connectivity index (χ0v) is 17.5. The third-order valence-corrected chi connectivity index (χ3v) is 6.09. The van der Waals surface area contributed by atoms with Crippen LogP contribution in [0.25, 0.3) is 0 Å². The highest BCUT2D eigenvalue weighted by Gasteiger charge is 2.55. The molecule has 29 heavy (non-hydrogen) atoms. The Balaban J connectivity index is 1.67. The molecule has 4 amide bonds. The fourth-order valence-corrected chi connectivity index (χ4v) is 4.24. The van der Waals surface area contributed by atoms with Crippen molar-refractivity contribution in [3.63, 3.8) is 0 Å². The highest BCUT2D eigenvalue weighted by molar-refractivity contribution is 6.09. The topological polar surface area (TPSA) is 88.2 Å². The lowest BCUT2D eigenvalue weighted by molar-refractivity contribution is -0.140. The van der Waals surface area contributed by atoms with Crippen molar-refractivity contribution in [2.45, 2.75) is 44.7 Å². The number of methoxy groups -OCH3 is 2. The second-order valence-corrected chi connectivity index (χ2v) is 7.88. The van der Waals surface area contributed by atoms with E-state index in [2.05, 4.69) is 5.32 Å². The Morgan fingerprint density at radius 1 is 1.24 bits per heavy atom. The fraction of sp³-hybridized carbons (Fsp3) is 0.571. The number of hydrogen-bond acceptors (Lipinski definition) is 5. The summed E-state index contributed by atoms with van der Waals surface area (Å²) in [6, 6.07) is 4.95. The first-order valence-corrected chi connectivity index (χ1v) is 9.91. The van der Waals surface area contributed by atoms with E-state index in [0.717, 1.165) is 29.7 Å². The van der Waals surface area contributed by atoms with Crippen LogP contribution in [-0.2, 0) is 16.1 Å². The predicted octanol–water partition coefficient (Wildman–Crippen LogP) is 2.16. The number of amides is 4. The van der Waals surface area contributed by atoms with Crippen molar-refractivity contribution in [1.82, 2.24) is 15.1 Å². The molecule has 1 saturated carbocycles. The molecular formula is C21H29N3O5. The van der Waals surface area contributed by atoms with Crippen LogP contribution in [-0.4, -0.2) is 61.0 Å². The standard InChI is InChI=1S/C21H29N3O5/c1-14-7-5-6-10-21(14)19(26)24(20(27)22-21)13-18(25)23(2)12-15-8-9-16(28-3)17(11-15)29-4/h8-9,11,14H,5-7,10,12-13H2,1-4H3,(H,22,27)/t14-,21-/m0/s1. The van der Waals surface area contributed by atoms with Gasteiger partial charge in [-0.25, -0.2) is 4.79 Å². The van der Waals surface area contributed by atoms with E-state index < -0.39 is 11.6 Å². The quantitative estimate of drug-likeness (QED) is 0.736. The molecule has 3 rings (SSSR count). The van der Waals surface area contributed by atoms with E-state index in [1.54, 1.807) is 33.4 Å². The number of nitrogens with one attached hydrogen (secondary N) is 1. The minimum atomic E-state index is -0.850. The number of benzene rings is 1. The van der Waals surface area contributed by atoms with Gasteiger partial charge in [0.25, 0.3) is 5.91 Å². The molecule has 1 saturated heterocycles. The van der Waals surface area contributed by atoms with Crippen molar-refractivity contribution in [2.75, 3.05) is 27.8 Å². The largest absolute Gasteiger partial charge is 0.493 e. The number of imide groups is 1. The maximum Gasteiger partial charge on any atom is 0.325 e. The second kappa shape index (κ2) is 8.31. The van der Waals surface area contributed by atoms with E-state index in [4.69, 9.17) is 9.47 Å². The Bertz CT molecular complexity index is 812. The van der Waals surface area contributed by atoms with Gasteiger partial charge in [0.1, 0.15) is 12.1 Å². The van der Waals surface area contributed by atoms with Crippen LogP contribution in [0.3, 0.4) is 0 Å². The Labute approximate surface area is 171 Å². The number of ether oxygens (including phenoxy) is 2. The van der Waals surface area contributed by atoms with Gasteiger partial charge in [-0.15, -0.1) is 0 Å². The van der Waals surface area contributed by atoms with Gasteiger partial charge in [-0.1, -0.05) is 25.8 Å². The molecule has 1 aliphatic heterocycles. The van der Waals surface area contributed by atoms with Gasteiger partial charge in [0.2, 0.25) is 5.91 Å². The molecule has 0 unspecified atom stereocenters. The van der Waals surface area contributed by atoms with E-state index in [0.29, 0.717) is 24.5 Å². The van der Waals surface area contributed by atoms with Gasteiger partial charge in [0, 0.05) is 13.6 Å². The van der Waals surface area contributed by atoms with Crippen LogP contribution >= 0.6 is 0 Å². The van der Waals surface area contributed by atoms with Crippen molar-refractivity contribution in [2.24, 2.45) is 5.92 Å². The van der Waals surface area contributed by atoms with Gasteiger partial charge in [-0.05, 0) is 36.5 Å². The number of hydrogen-bond donors (Lipinski definition) is 1. The lowest BCUT2D eigenvalue weighted by atomic mass is 9.73. The summed E-state index contributed by atoms with van der Waals surface area (Å²) >= 11 is 0. The van der Waals surface area contributed by atoms with Crippen LogP contribution in [0.1, 0.15) is 38.2 Å². The maximum absolute atomic E-state index is 13.0. The first-order valence-electron chi connectivity index (χ1n) is 9.91. The first kappa shape index (κ1) is 21.0. The van der Waals surface area contributed by atoms with Crippen LogP contribution in [0.4, 0.5) is 4.79 Å². The Morgan fingerprint density at radius 2 is 1.97 bits per heavy atom. The Morgan fingerprint density at radius 3 is 2.62 bits per heavy atom. The molecule has 1 aromatic carbocycles. The van der Waals surface area contributed by atoms with Gasteiger partial charge in [0.05, 0.1) is 14.2 Å². The van der Waals surface area contributed by atoms with Crippen LogP contribution in [0.2, 0.25) is 0 Å². The number of rotatable bonds is 6. The molecule has 1 heterocycles. The average Bonchev–Trinajstić information content (AvgIpc) is 2.94. The predicted molar refractivity (Wildman–Crippen MR) is 107 cm³/mol. The molecule has 2 atom stereocenters. The van der Waals surface area contributed by atoms with Gasteiger partial charge in [0.15, 0.2) is 11.5 Å². The summed E-state index contributed by atoms with van der Waals surface area (Å²) in [7, 11) is 4.76. The Kier molecular flexibility index (Phi) is 6.00. The molecule has 0 radical (unpaired) electrons. The molecule has 0 bridgehead atoms. The maximum atomic E-state index is 13.0. The van der Waals surface area contributed by atoms with Crippen molar-refractivity contribution >= 4 is 17.8 Å². The van der Waals surface area contributed by atoms with Crippen molar-refractivity contribution in [3.8, 4) is 11.5 Å². The van der Waals surface area contributed by atoms with Crippen molar-refractivity contribution in [1.29, 1.82) is 0 Å². The molecule has 8 nitrogen and oxygen atoms in total. The van der Waals surface area contributed by atoms with Crippen LogP contribution in [0, 0.1) is 5.92 Å². The Hall–Kier alpha value is -2.77. The van der Waals surface area contributed by atoms with Crippen LogP contribution < -0.4 is 14.8 Å². The number of carbonyl (C=O) groups excluding carboxylic acids is 3. The number of nitrogens with zero attached hydrogens (tertiary/aromatic N) is 2. The molecule has 2 aliphatic rings. The summed E-state index contributed by atoms with van der Waals surface area (Å²) in [5.74, 6) is 0.674. The number of carbonyl (C=O) groups is 3. The van der Waals surface area contributed by atoms with Gasteiger partial charge >= 0.3 is 6.03 Å². The molecule has 0 aromatic heterocycles. The SMILES string of the molecule is COc1ccc(CN(C)C(=O)CN2C(=O)N[C@]3(CCCC[C@@H]3C)C2=O)cc1OC. The highest BCUT2D eigenvalue weighted by Crippen LogP contribution is 2.38. The zero-order valence-electron chi connectivity index (χ0n) is 17.5. The van der Waals surface area contributed by atoms with Gasteiger partial charge in [-0.2, -0.15) is 0 Å². The van der Waals surface area contributed by atoms with Crippen molar-refractivity contribution in [3.05, 3.63) is 23.8 Å². The molecule has 2 fully saturated rings. The summed E-state index contributed by atoms with van der Waals surface area (Å²) < 4.78 is 10.5. The molecule has 1 N–H and O–H groups in total. The lowest BCUT2D eigenvalue weighted by Gasteiger charge is -2.36. The van der Waals surface area contributed by atoms with Crippen LogP contribution in [0.15, 0.2) is 18.2 Å². The smallest absolute Gasteiger partial charge is 0.325 e. The summed E-state index contributed by atoms with van der Waals surface area (Å²) in [4.78, 5) is 40.8. The minimum absolute atomic E-state index is 0.0669.